The van der Waals surface area contributed by atoms with E-state index in [1.54, 1.807) is 12.4 Å². The van der Waals surface area contributed by atoms with Crippen molar-refractivity contribution < 1.29 is 0 Å². The van der Waals surface area contributed by atoms with Crippen molar-refractivity contribution in [3.63, 3.8) is 0 Å². The molecule has 16 heavy (non-hydrogen) atoms. The quantitative estimate of drug-likeness (QED) is 0.787. The highest BCUT2D eigenvalue weighted by Gasteiger charge is 2.22. The van der Waals surface area contributed by atoms with Crippen LogP contribution in [0.1, 0.15) is 12.8 Å². The van der Waals surface area contributed by atoms with Gasteiger partial charge in [-0.05, 0) is 26.9 Å². The molecule has 0 N–H and O–H groups in total. The minimum absolute atomic E-state index is 0.462. The largest absolute Gasteiger partial charge is 0.354 e. The van der Waals surface area contributed by atoms with Gasteiger partial charge in [-0.25, -0.2) is 4.98 Å². The number of anilines is 1. The highest BCUT2D eigenvalue weighted by Crippen LogP contribution is 2.20. The number of piperidine rings is 1. The van der Waals surface area contributed by atoms with E-state index in [0.717, 1.165) is 18.9 Å². The molecule has 1 saturated heterocycles. The van der Waals surface area contributed by atoms with E-state index in [1.807, 2.05) is 0 Å². The first-order valence-corrected chi connectivity index (χ1v) is 5.93. The molecule has 88 valence electrons. The van der Waals surface area contributed by atoms with Crippen LogP contribution in [0.5, 0.6) is 0 Å². The van der Waals surface area contributed by atoms with E-state index in [-0.39, 0.29) is 0 Å². The van der Waals surface area contributed by atoms with Gasteiger partial charge in [-0.2, -0.15) is 0 Å². The Balaban J connectivity index is 2.09. The fourth-order valence-electron chi connectivity index (χ4n) is 2.07. The first-order chi connectivity index (χ1) is 7.66. The van der Waals surface area contributed by atoms with Crippen LogP contribution in [0, 0.1) is 0 Å². The fourth-order valence-corrected chi connectivity index (χ4v) is 2.21. The molecular weight excluding hydrogens is 224 g/mol. The minimum atomic E-state index is 0.462. The highest BCUT2D eigenvalue weighted by molar-refractivity contribution is 6.29. The van der Waals surface area contributed by atoms with Crippen molar-refractivity contribution in [3.05, 3.63) is 17.5 Å². The molecule has 0 aliphatic carbocycles. The Labute approximate surface area is 101 Å². The summed E-state index contributed by atoms with van der Waals surface area (Å²) in [5.41, 5.74) is 0. The van der Waals surface area contributed by atoms with Crippen LogP contribution in [-0.4, -0.2) is 48.1 Å². The van der Waals surface area contributed by atoms with Crippen LogP contribution in [0.4, 0.5) is 5.82 Å². The normalized spacial score (nSPS) is 21.5. The second kappa shape index (κ2) is 4.97. The van der Waals surface area contributed by atoms with Crippen molar-refractivity contribution in [1.82, 2.24) is 14.9 Å². The number of hydrogen-bond donors (Lipinski definition) is 0. The van der Waals surface area contributed by atoms with E-state index in [2.05, 4.69) is 33.9 Å². The molecule has 1 aromatic heterocycles. The number of hydrogen-bond acceptors (Lipinski definition) is 4. The lowest BCUT2D eigenvalue weighted by atomic mass is 10.1. The molecule has 4 nitrogen and oxygen atoms in total. The second-order valence-electron chi connectivity index (χ2n) is 4.41. The van der Waals surface area contributed by atoms with Gasteiger partial charge >= 0.3 is 0 Å². The van der Waals surface area contributed by atoms with Crippen LogP contribution in [0.2, 0.25) is 5.15 Å². The van der Waals surface area contributed by atoms with Gasteiger partial charge in [-0.3, -0.25) is 4.98 Å². The average molecular weight is 241 g/mol. The van der Waals surface area contributed by atoms with Crippen LogP contribution in [0.3, 0.4) is 0 Å². The number of likely N-dealkylation sites (N-methyl/N-ethyl adjacent to an activating group) is 1. The SMILES string of the molecule is CN(C)C1CCCN(c2cncc(Cl)n2)C1. The molecule has 1 unspecified atom stereocenters. The topological polar surface area (TPSA) is 32.3 Å². The molecule has 1 atom stereocenters. The van der Waals surface area contributed by atoms with E-state index in [0.29, 0.717) is 11.2 Å². The summed E-state index contributed by atoms with van der Waals surface area (Å²) in [5.74, 6) is 0.888. The minimum Gasteiger partial charge on any atom is -0.354 e. The van der Waals surface area contributed by atoms with Gasteiger partial charge in [0.15, 0.2) is 0 Å². The summed E-state index contributed by atoms with van der Waals surface area (Å²) in [6.07, 6.45) is 5.79. The van der Waals surface area contributed by atoms with E-state index < -0.39 is 0 Å². The average Bonchev–Trinajstić information content (AvgIpc) is 2.29. The molecule has 1 aliphatic rings. The third-order valence-electron chi connectivity index (χ3n) is 3.04. The van der Waals surface area contributed by atoms with Crippen molar-refractivity contribution in [1.29, 1.82) is 0 Å². The molecule has 2 rings (SSSR count). The van der Waals surface area contributed by atoms with Gasteiger partial charge in [-0.1, -0.05) is 11.6 Å². The van der Waals surface area contributed by atoms with E-state index in [9.17, 15) is 0 Å². The lowest BCUT2D eigenvalue weighted by Gasteiger charge is -2.36. The Bertz CT molecular complexity index is 356. The van der Waals surface area contributed by atoms with Gasteiger partial charge in [0.2, 0.25) is 0 Å². The van der Waals surface area contributed by atoms with Gasteiger partial charge in [0.25, 0.3) is 0 Å². The molecule has 0 amide bonds. The molecule has 0 aromatic carbocycles. The predicted octanol–water partition coefficient (Wildman–Crippen LogP) is 1.66. The third-order valence-corrected chi connectivity index (χ3v) is 3.23. The number of halogens is 1. The maximum absolute atomic E-state index is 5.85. The molecule has 2 heterocycles. The Morgan fingerprint density at radius 1 is 1.44 bits per heavy atom. The van der Waals surface area contributed by atoms with Gasteiger partial charge in [0, 0.05) is 19.1 Å². The highest BCUT2D eigenvalue weighted by atomic mass is 35.5. The summed E-state index contributed by atoms with van der Waals surface area (Å²) < 4.78 is 0. The Kier molecular flexibility index (Phi) is 3.61. The van der Waals surface area contributed by atoms with Crippen molar-refractivity contribution >= 4 is 17.4 Å². The lowest BCUT2D eigenvalue weighted by molar-refractivity contribution is 0.257. The summed E-state index contributed by atoms with van der Waals surface area (Å²) in [6.45, 7) is 2.04. The lowest BCUT2D eigenvalue weighted by Crippen LogP contribution is -2.45. The second-order valence-corrected chi connectivity index (χ2v) is 4.79. The summed E-state index contributed by atoms with van der Waals surface area (Å²) in [7, 11) is 4.25. The molecule has 0 spiro atoms. The zero-order chi connectivity index (χ0) is 11.5. The van der Waals surface area contributed by atoms with Crippen LogP contribution in [0.15, 0.2) is 12.4 Å². The van der Waals surface area contributed by atoms with Crippen LogP contribution < -0.4 is 4.90 Å². The maximum atomic E-state index is 5.85. The molecule has 1 aromatic rings. The summed E-state index contributed by atoms with van der Waals surface area (Å²) in [5, 5.41) is 0.462. The standard InChI is InChI=1S/C11H17ClN4/c1-15(2)9-4-3-5-16(8-9)11-7-13-6-10(12)14-11/h6-7,9H,3-5,8H2,1-2H3. The molecule has 1 fully saturated rings. The van der Waals surface area contributed by atoms with Crippen LogP contribution >= 0.6 is 11.6 Å². The Morgan fingerprint density at radius 3 is 2.94 bits per heavy atom. The first kappa shape index (κ1) is 11.6. The van der Waals surface area contributed by atoms with Crippen LogP contribution in [0.25, 0.3) is 0 Å². The fraction of sp³-hybridized carbons (Fsp3) is 0.636. The van der Waals surface area contributed by atoms with Crippen molar-refractivity contribution in [2.24, 2.45) is 0 Å². The molecule has 0 radical (unpaired) electrons. The molecular formula is C11H17ClN4. The van der Waals surface area contributed by atoms with Gasteiger partial charge in [-0.15, -0.1) is 0 Å². The van der Waals surface area contributed by atoms with E-state index >= 15 is 0 Å². The zero-order valence-corrected chi connectivity index (χ0v) is 10.5. The molecule has 0 saturated carbocycles. The number of nitrogens with zero attached hydrogens (tertiary/aromatic N) is 4. The summed E-state index contributed by atoms with van der Waals surface area (Å²) in [6, 6.07) is 0.592. The van der Waals surface area contributed by atoms with Crippen LogP contribution in [-0.2, 0) is 0 Å². The first-order valence-electron chi connectivity index (χ1n) is 5.56. The summed E-state index contributed by atoms with van der Waals surface area (Å²) >= 11 is 5.85. The monoisotopic (exact) mass is 240 g/mol. The van der Waals surface area contributed by atoms with Gasteiger partial charge in [0.1, 0.15) is 11.0 Å². The Morgan fingerprint density at radius 2 is 2.25 bits per heavy atom. The van der Waals surface area contributed by atoms with E-state index in [1.165, 1.54) is 12.8 Å². The van der Waals surface area contributed by atoms with Crippen molar-refractivity contribution in [2.45, 2.75) is 18.9 Å². The van der Waals surface area contributed by atoms with Crippen molar-refractivity contribution in [2.75, 3.05) is 32.1 Å². The molecule has 5 heteroatoms. The number of aromatic nitrogens is 2. The molecule has 1 aliphatic heterocycles. The van der Waals surface area contributed by atoms with Gasteiger partial charge < -0.3 is 9.80 Å². The zero-order valence-electron chi connectivity index (χ0n) is 9.73. The Hall–Kier alpha value is -0.870. The van der Waals surface area contributed by atoms with Gasteiger partial charge in [0.05, 0.1) is 12.4 Å². The third kappa shape index (κ3) is 2.62. The maximum Gasteiger partial charge on any atom is 0.149 e. The summed E-state index contributed by atoms with van der Waals surface area (Å²) in [4.78, 5) is 12.9. The smallest absolute Gasteiger partial charge is 0.149 e. The van der Waals surface area contributed by atoms with E-state index in [4.69, 9.17) is 11.6 Å². The molecule has 0 bridgehead atoms. The van der Waals surface area contributed by atoms with Crippen molar-refractivity contribution in [3.8, 4) is 0 Å². The number of rotatable bonds is 2. The predicted molar refractivity (Wildman–Crippen MR) is 66.0 cm³/mol.